The fourth-order valence-electron chi connectivity index (χ4n) is 4.23. The number of rotatable bonds is 5. The fraction of sp³-hybridized carbons (Fsp3) is 0.304. The van der Waals surface area contributed by atoms with Gasteiger partial charge in [0.2, 0.25) is 5.91 Å². The molecular weight excluding hydrogens is 420 g/mol. The highest BCUT2D eigenvalue weighted by Gasteiger charge is 2.30. The van der Waals surface area contributed by atoms with Gasteiger partial charge in [0.05, 0.1) is 17.1 Å². The van der Waals surface area contributed by atoms with Crippen LogP contribution in [-0.4, -0.2) is 47.5 Å². The number of H-pyrrole nitrogens is 1. The van der Waals surface area contributed by atoms with E-state index in [0.717, 1.165) is 35.4 Å². The fourth-order valence-corrected chi connectivity index (χ4v) is 4.23. The molecule has 2 aliphatic rings. The van der Waals surface area contributed by atoms with Crippen LogP contribution in [0.15, 0.2) is 39.6 Å². The number of pyridine rings is 1. The molecule has 1 amide bonds. The zero-order valence-electron chi connectivity index (χ0n) is 18.8. The van der Waals surface area contributed by atoms with E-state index < -0.39 is 0 Å². The number of carbonyl (C=O) groups is 1. The molecule has 0 bridgehead atoms. The van der Waals surface area contributed by atoms with Crippen molar-refractivity contribution in [3.8, 4) is 0 Å². The summed E-state index contributed by atoms with van der Waals surface area (Å²) < 4.78 is 1.37. The molecule has 1 saturated carbocycles. The molecule has 10 heteroatoms. The van der Waals surface area contributed by atoms with Crippen molar-refractivity contribution in [2.45, 2.75) is 12.8 Å². The van der Waals surface area contributed by atoms with Crippen LogP contribution in [0.3, 0.4) is 0 Å². The number of hydrogen-bond donors (Lipinski definition) is 4. The molecular formula is C23H26N8O2. The predicted octanol–water partition coefficient (Wildman–Crippen LogP) is 2.17. The number of para-hydroxylation sites is 1. The van der Waals surface area contributed by atoms with E-state index in [1.54, 1.807) is 26.4 Å². The number of amides is 1. The Balaban J connectivity index is 1.61. The van der Waals surface area contributed by atoms with E-state index in [1.165, 1.54) is 4.68 Å². The monoisotopic (exact) mass is 446 g/mol. The zero-order valence-corrected chi connectivity index (χ0v) is 18.8. The molecule has 3 heterocycles. The number of hydrogen-bond acceptors (Lipinski definition) is 7. The third-order valence-corrected chi connectivity index (χ3v) is 6.03. The lowest BCUT2D eigenvalue weighted by Crippen LogP contribution is -2.29. The quantitative estimate of drug-likeness (QED) is 0.444. The maximum atomic E-state index is 12.8. The lowest BCUT2D eigenvalue weighted by molar-refractivity contribution is -0.117. The Hall–Kier alpha value is -4.08. The SMILES string of the molecule is CN=CC1=C(N)c2cccc(Nc3cc(NC(=O)C4CC4)nc4[nH]n(C)c(=O)c34)c2N(C)C1. The number of anilines is 4. The normalized spacial score (nSPS) is 15.9. The lowest BCUT2D eigenvalue weighted by atomic mass is 9.98. The third kappa shape index (κ3) is 3.63. The number of fused-ring (bicyclic) bond motifs is 2. The highest BCUT2D eigenvalue weighted by atomic mass is 16.2. The average molecular weight is 447 g/mol. The number of carbonyl (C=O) groups excluding carboxylic acids is 1. The van der Waals surface area contributed by atoms with Crippen LogP contribution in [0.25, 0.3) is 16.7 Å². The van der Waals surface area contributed by atoms with Gasteiger partial charge in [-0.1, -0.05) is 12.1 Å². The van der Waals surface area contributed by atoms with Crippen LogP contribution in [0.2, 0.25) is 0 Å². The number of aliphatic imine (C=N–C) groups is 1. The number of benzene rings is 1. The first-order valence-electron chi connectivity index (χ1n) is 10.8. The van der Waals surface area contributed by atoms with Crippen molar-refractivity contribution in [3.05, 3.63) is 45.8 Å². The molecule has 1 aliphatic carbocycles. The summed E-state index contributed by atoms with van der Waals surface area (Å²) in [6, 6.07) is 7.52. The first-order chi connectivity index (χ1) is 15.9. The second kappa shape index (κ2) is 7.80. The molecule has 0 radical (unpaired) electrons. The minimum atomic E-state index is -0.209. The second-order valence-corrected chi connectivity index (χ2v) is 8.53. The van der Waals surface area contributed by atoms with Crippen LogP contribution in [0.4, 0.5) is 22.9 Å². The summed E-state index contributed by atoms with van der Waals surface area (Å²) in [6.07, 6.45) is 3.56. The van der Waals surface area contributed by atoms with Gasteiger partial charge in [-0.3, -0.25) is 24.4 Å². The van der Waals surface area contributed by atoms with Gasteiger partial charge in [0.1, 0.15) is 11.2 Å². The zero-order chi connectivity index (χ0) is 23.3. The average Bonchev–Trinajstić information content (AvgIpc) is 3.58. The van der Waals surface area contributed by atoms with Gasteiger partial charge in [-0.25, -0.2) is 4.98 Å². The van der Waals surface area contributed by atoms with E-state index in [0.29, 0.717) is 34.8 Å². The molecule has 0 unspecified atom stereocenters. The standard InChI is InChI=1S/C23H26N8O2/c1-25-10-13-11-30(2)20-14(19(13)24)5-4-6-15(20)26-16-9-17(28-22(32)12-7-8-12)27-21-18(16)23(33)31(3)29-21/h4-6,9-10,12H,7-8,11,24H2,1-3H3,(H3,26,27,28,29,32). The van der Waals surface area contributed by atoms with E-state index >= 15 is 0 Å². The van der Waals surface area contributed by atoms with Gasteiger partial charge in [-0.15, -0.1) is 0 Å². The van der Waals surface area contributed by atoms with Gasteiger partial charge in [0, 0.05) is 62.7 Å². The number of aryl methyl sites for hydroxylation is 1. The van der Waals surface area contributed by atoms with Crippen molar-refractivity contribution in [2.75, 3.05) is 36.2 Å². The van der Waals surface area contributed by atoms with Gasteiger partial charge >= 0.3 is 0 Å². The second-order valence-electron chi connectivity index (χ2n) is 8.53. The number of aromatic nitrogens is 3. The molecule has 5 rings (SSSR count). The summed E-state index contributed by atoms with van der Waals surface area (Å²) in [7, 11) is 5.34. The molecule has 10 nitrogen and oxygen atoms in total. The number of nitrogens with two attached hydrogens (primary N) is 1. The molecule has 33 heavy (non-hydrogen) atoms. The van der Waals surface area contributed by atoms with Crippen molar-refractivity contribution in [3.63, 3.8) is 0 Å². The molecule has 1 aliphatic heterocycles. The molecule has 1 aromatic carbocycles. The molecule has 1 fully saturated rings. The molecule has 0 atom stereocenters. The highest BCUT2D eigenvalue weighted by molar-refractivity contribution is 6.01. The van der Waals surface area contributed by atoms with Crippen molar-refractivity contribution in [1.82, 2.24) is 14.8 Å². The molecule has 0 spiro atoms. The van der Waals surface area contributed by atoms with Crippen molar-refractivity contribution >= 4 is 51.7 Å². The lowest BCUT2D eigenvalue weighted by Gasteiger charge is -2.31. The van der Waals surface area contributed by atoms with Crippen LogP contribution < -0.4 is 26.8 Å². The van der Waals surface area contributed by atoms with Gasteiger partial charge in [-0.2, -0.15) is 0 Å². The minimum absolute atomic E-state index is 0.0409. The van der Waals surface area contributed by atoms with E-state index in [-0.39, 0.29) is 17.4 Å². The predicted molar refractivity (Wildman–Crippen MR) is 131 cm³/mol. The van der Waals surface area contributed by atoms with Crippen molar-refractivity contribution in [1.29, 1.82) is 0 Å². The third-order valence-electron chi connectivity index (χ3n) is 6.03. The van der Waals surface area contributed by atoms with E-state index in [1.807, 2.05) is 25.2 Å². The molecule has 3 aromatic rings. The van der Waals surface area contributed by atoms with Gasteiger partial charge in [0.15, 0.2) is 5.65 Å². The Bertz CT molecular complexity index is 1390. The number of nitrogens with zero attached hydrogens (tertiary/aromatic N) is 4. The summed E-state index contributed by atoms with van der Waals surface area (Å²) >= 11 is 0. The van der Waals surface area contributed by atoms with Crippen LogP contribution in [0.1, 0.15) is 18.4 Å². The van der Waals surface area contributed by atoms with E-state index in [2.05, 4.69) is 30.6 Å². The Morgan fingerprint density at radius 1 is 1.30 bits per heavy atom. The molecule has 0 saturated heterocycles. The summed E-state index contributed by atoms with van der Waals surface area (Å²) in [5.74, 6) is 0.382. The topological polar surface area (TPSA) is 133 Å². The Kier molecular flexibility index (Phi) is 4.92. The van der Waals surface area contributed by atoms with Crippen LogP contribution in [0, 0.1) is 5.92 Å². The minimum Gasteiger partial charge on any atom is -0.398 e. The van der Waals surface area contributed by atoms with Crippen LogP contribution in [0.5, 0.6) is 0 Å². The molecule has 170 valence electrons. The van der Waals surface area contributed by atoms with Crippen molar-refractivity contribution < 1.29 is 4.79 Å². The van der Waals surface area contributed by atoms with Crippen LogP contribution >= 0.6 is 0 Å². The molecule has 2 aromatic heterocycles. The Labute approximate surface area is 190 Å². The smallest absolute Gasteiger partial charge is 0.277 e. The van der Waals surface area contributed by atoms with E-state index in [4.69, 9.17) is 5.73 Å². The first-order valence-corrected chi connectivity index (χ1v) is 10.8. The number of aromatic amines is 1. The van der Waals surface area contributed by atoms with Crippen LogP contribution in [-0.2, 0) is 11.8 Å². The maximum absolute atomic E-state index is 12.8. The number of likely N-dealkylation sites (N-methyl/N-ethyl adjacent to an activating group) is 1. The highest BCUT2D eigenvalue weighted by Crippen LogP contribution is 2.39. The summed E-state index contributed by atoms with van der Waals surface area (Å²) in [6.45, 7) is 0.606. The summed E-state index contributed by atoms with van der Waals surface area (Å²) in [5.41, 5.74) is 11.4. The van der Waals surface area contributed by atoms with Crippen molar-refractivity contribution in [2.24, 2.45) is 23.7 Å². The van der Waals surface area contributed by atoms with E-state index in [9.17, 15) is 9.59 Å². The van der Waals surface area contributed by atoms with Gasteiger partial charge < -0.3 is 21.3 Å². The summed E-state index contributed by atoms with van der Waals surface area (Å²) in [5, 5.41) is 9.66. The number of nitrogens with one attached hydrogen (secondary N) is 3. The van der Waals surface area contributed by atoms with Gasteiger partial charge in [0.25, 0.3) is 5.56 Å². The maximum Gasteiger partial charge on any atom is 0.277 e. The largest absolute Gasteiger partial charge is 0.398 e. The Morgan fingerprint density at radius 3 is 2.82 bits per heavy atom. The summed E-state index contributed by atoms with van der Waals surface area (Å²) in [4.78, 5) is 35.8. The Morgan fingerprint density at radius 2 is 2.09 bits per heavy atom. The first kappa shape index (κ1) is 20.8. The van der Waals surface area contributed by atoms with Gasteiger partial charge in [-0.05, 0) is 18.9 Å². The molecule has 5 N–H and O–H groups in total.